The number of ether oxygens (including phenoxy) is 2. The van der Waals surface area contributed by atoms with Crippen LogP contribution in [0.3, 0.4) is 0 Å². The molecule has 0 amide bonds. The number of anilines is 3. The molecule has 4 aromatic rings. The number of hydrogen-bond donors (Lipinski definition) is 3. The van der Waals surface area contributed by atoms with Crippen LogP contribution in [0.1, 0.15) is 11.4 Å². The molecule has 0 spiro atoms. The Balaban J connectivity index is 1.69. The predicted molar refractivity (Wildman–Crippen MR) is 117 cm³/mol. The molecule has 0 aliphatic carbocycles. The van der Waals surface area contributed by atoms with Crippen molar-refractivity contribution in [2.24, 2.45) is 0 Å². The van der Waals surface area contributed by atoms with Gasteiger partial charge in [0.25, 0.3) is 0 Å². The molecular weight excluding hydrogens is 396 g/mol. The van der Waals surface area contributed by atoms with E-state index in [4.69, 9.17) is 9.47 Å². The van der Waals surface area contributed by atoms with Gasteiger partial charge in [-0.3, -0.25) is 0 Å². The highest BCUT2D eigenvalue weighted by atomic mass is 16.5. The number of benzene rings is 1. The lowest BCUT2D eigenvalue weighted by Gasteiger charge is -2.14. The van der Waals surface area contributed by atoms with E-state index in [1.54, 1.807) is 26.6 Å². The number of nitrogens with zero attached hydrogens (tertiary/aromatic N) is 5. The van der Waals surface area contributed by atoms with Gasteiger partial charge in [-0.25, -0.2) is 4.98 Å². The number of aromatic amines is 1. The van der Waals surface area contributed by atoms with Gasteiger partial charge in [-0.1, -0.05) is 0 Å². The van der Waals surface area contributed by atoms with Crippen molar-refractivity contribution in [1.82, 2.24) is 24.5 Å². The molecule has 3 N–H and O–H groups in total. The lowest BCUT2D eigenvalue weighted by Crippen LogP contribution is -2.11. The van der Waals surface area contributed by atoms with Gasteiger partial charge in [-0.05, 0) is 19.1 Å². The lowest BCUT2D eigenvalue weighted by molar-refractivity contribution is 0.210. The maximum absolute atomic E-state index is 9.40. The van der Waals surface area contributed by atoms with Crippen LogP contribution in [0.25, 0.3) is 16.7 Å². The van der Waals surface area contributed by atoms with E-state index in [9.17, 15) is 5.26 Å². The summed E-state index contributed by atoms with van der Waals surface area (Å²) < 4.78 is 12.7. The second-order valence-electron chi connectivity index (χ2n) is 6.71. The molecule has 0 fully saturated rings. The quantitative estimate of drug-likeness (QED) is 0.373. The van der Waals surface area contributed by atoms with E-state index in [-0.39, 0.29) is 0 Å². The third kappa shape index (κ3) is 3.99. The van der Waals surface area contributed by atoms with Crippen LogP contribution in [-0.4, -0.2) is 51.9 Å². The Kier molecular flexibility index (Phi) is 5.68. The van der Waals surface area contributed by atoms with Crippen LogP contribution in [0.2, 0.25) is 0 Å². The number of nitrogens with one attached hydrogen (secondary N) is 3. The molecule has 10 heteroatoms. The van der Waals surface area contributed by atoms with Crippen molar-refractivity contribution in [2.45, 2.75) is 6.92 Å². The Morgan fingerprint density at radius 2 is 2.13 bits per heavy atom. The minimum absolute atomic E-state index is 0.364. The van der Waals surface area contributed by atoms with E-state index in [0.717, 1.165) is 11.5 Å². The maximum Gasteiger partial charge on any atom is 0.231 e. The van der Waals surface area contributed by atoms with Crippen molar-refractivity contribution in [2.75, 3.05) is 38.0 Å². The number of H-pyrrole nitrogens is 1. The normalized spacial score (nSPS) is 10.8. The molecule has 10 nitrogen and oxygen atoms in total. The first-order chi connectivity index (χ1) is 15.1. The Morgan fingerprint density at radius 1 is 1.26 bits per heavy atom. The largest absolute Gasteiger partial charge is 0.494 e. The minimum Gasteiger partial charge on any atom is -0.494 e. The molecule has 158 valence electrons. The van der Waals surface area contributed by atoms with Crippen LogP contribution >= 0.6 is 0 Å². The molecule has 0 saturated heterocycles. The summed E-state index contributed by atoms with van der Waals surface area (Å²) in [5, 5.41) is 16.5. The van der Waals surface area contributed by atoms with Crippen molar-refractivity contribution in [3.8, 4) is 17.5 Å². The van der Waals surface area contributed by atoms with Gasteiger partial charge < -0.3 is 29.7 Å². The molecule has 0 aliphatic heterocycles. The Morgan fingerprint density at radius 3 is 2.84 bits per heavy atom. The van der Waals surface area contributed by atoms with Gasteiger partial charge in [0.2, 0.25) is 5.95 Å². The number of fused-ring (bicyclic) bond motifs is 1. The van der Waals surface area contributed by atoms with E-state index in [2.05, 4.69) is 36.6 Å². The molecule has 0 atom stereocenters. The van der Waals surface area contributed by atoms with Gasteiger partial charge in [-0.15, -0.1) is 0 Å². The van der Waals surface area contributed by atoms with Gasteiger partial charge >= 0.3 is 0 Å². The molecular formula is C21H22N8O2. The maximum atomic E-state index is 9.40. The fraction of sp³-hybridized carbons (Fsp3) is 0.238. The fourth-order valence-corrected chi connectivity index (χ4v) is 3.28. The summed E-state index contributed by atoms with van der Waals surface area (Å²) in [5.41, 5.74) is 2.66. The minimum atomic E-state index is 0.364. The van der Waals surface area contributed by atoms with Crippen LogP contribution in [0, 0.1) is 18.3 Å². The highest BCUT2D eigenvalue weighted by Crippen LogP contribution is 2.31. The average Bonchev–Trinajstić information content (AvgIpc) is 3.40. The van der Waals surface area contributed by atoms with Gasteiger partial charge in [0.1, 0.15) is 29.1 Å². The zero-order chi connectivity index (χ0) is 21.8. The highest BCUT2D eigenvalue weighted by Gasteiger charge is 2.15. The summed E-state index contributed by atoms with van der Waals surface area (Å²) in [5.74, 6) is 2.42. The number of aryl methyl sites for hydroxylation is 1. The number of aromatic nitrogens is 5. The number of imidazole rings is 1. The smallest absolute Gasteiger partial charge is 0.231 e. The van der Waals surface area contributed by atoms with Crippen molar-refractivity contribution >= 4 is 28.5 Å². The van der Waals surface area contributed by atoms with Gasteiger partial charge in [0.05, 0.1) is 36.0 Å². The second-order valence-corrected chi connectivity index (χ2v) is 6.71. The molecule has 0 aliphatic rings. The molecule has 31 heavy (non-hydrogen) atoms. The number of hydrogen-bond acceptors (Lipinski definition) is 8. The SMILES string of the molecule is COCCNc1nc(Nc2ccc(-n3ccnc3C)cc2OC)nc2[nH]cc(C#N)c12. The highest BCUT2D eigenvalue weighted by molar-refractivity contribution is 5.93. The van der Waals surface area contributed by atoms with E-state index in [1.807, 2.05) is 35.9 Å². The zero-order valence-corrected chi connectivity index (χ0v) is 17.4. The van der Waals surface area contributed by atoms with Crippen LogP contribution < -0.4 is 15.4 Å². The summed E-state index contributed by atoms with van der Waals surface area (Å²) in [4.78, 5) is 16.4. The molecule has 0 saturated carbocycles. The third-order valence-corrected chi connectivity index (χ3v) is 4.79. The van der Waals surface area contributed by atoms with Gasteiger partial charge in [0, 0.05) is 38.3 Å². The first kappa shape index (κ1) is 20.2. The number of nitriles is 1. The topological polar surface area (TPSA) is 126 Å². The van der Waals surface area contributed by atoms with Crippen LogP contribution in [0.5, 0.6) is 5.75 Å². The second kappa shape index (κ2) is 8.73. The van der Waals surface area contributed by atoms with Crippen molar-refractivity contribution in [3.05, 3.63) is 48.2 Å². The number of methoxy groups -OCH3 is 2. The molecule has 0 unspecified atom stereocenters. The Hall–Kier alpha value is -4.10. The Labute approximate surface area is 178 Å². The van der Waals surface area contributed by atoms with Gasteiger partial charge in [-0.2, -0.15) is 15.2 Å². The molecule has 0 radical (unpaired) electrons. The van der Waals surface area contributed by atoms with Crippen molar-refractivity contribution in [3.63, 3.8) is 0 Å². The molecule has 1 aromatic carbocycles. The van der Waals surface area contributed by atoms with Crippen LogP contribution in [0.15, 0.2) is 36.8 Å². The number of rotatable bonds is 8. The van der Waals surface area contributed by atoms with E-state index in [1.165, 1.54) is 0 Å². The predicted octanol–water partition coefficient (Wildman–Crippen LogP) is 3.13. The first-order valence-electron chi connectivity index (χ1n) is 9.62. The standard InChI is InChI=1S/C21H22N8O2/c1-13-23-6-8-29(13)15-4-5-16(17(10-15)31-3)26-21-27-19(24-7-9-30-2)18-14(11-22)12-25-20(18)28-21/h4-6,8,10,12H,7,9H2,1-3H3,(H3,24,25,26,27,28). The van der Waals surface area contributed by atoms with Gasteiger partial charge in [0.15, 0.2) is 0 Å². The molecule has 0 bridgehead atoms. The summed E-state index contributed by atoms with van der Waals surface area (Å²) in [6, 6.07) is 7.93. The fourth-order valence-electron chi connectivity index (χ4n) is 3.28. The summed E-state index contributed by atoms with van der Waals surface area (Å²) >= 11 is 0. The van der Waals surface area contributed by atoms with Crippen LogP contribution in [-0.2, 0) is 4.74 Å². The van der Waals surface area contributed by atoms with Crippen LogP contribution in [0.4, 0.5) is 17.5 Å². The zero-order valence-electron chi connectivity index (χ0n) is 17.4. The summed E-state index contributed by atoms with van der Waals surface area (Å²) in [7, 11) is 3.24. The van der Waals surface area contributed by atoms with Crippen molar-refractivity contribution < 1.29 is 9.47 Å². The molecule has 4 rings (SSSR count). The third-order valence-electron chi connectivity index (χ3n) is 4.79. The first-order valence-corrected chi connectivity index (χ1v) is 9.62. The van der Waals surface area contributed by atoms with E-state index < -0.39 is 0 Å². The average molecular weight is 418 g/mol. The lowest BCUT2D eigenvalue weighted by atomic mass is 10.2. The molecule has 3 aromatic heterocycles. The summed E-state index contributed by atoms with van der Waals surface area (Å²) in [6.07, 6.45) is 5.26. The van der Waals surface area contributed by atoms with Crippen molar-refractivity contribution in [1.29, 1.82) is 5.26 Å². The monoisotopic (exact) mass is 418 g/mol. The Bertz CT molecular complexity index is 1250. The summed E-state index contributed by atoms with van der Waals surface area (Å²) in [6.45, 7) is 2.98. The van der Waals surface area contributed by atoms with E-state index in [0.29, 0.717) is 53.0 Å². The molecule has 3 heterocycles. The van der Waals surface area contributed by atoms with E-state index >= 15 is 0 Å².